The Balaban J connectivity index is 3.46. The monoisotopic (exact) mass is 162 g/mol. The first-order valence-corrected chi connectivity index (χ1v) is 13.8. The van der Waals surface area contributed by atoms with E-state index in [2.05, 4.69) is 26.9 Å². The minimum absolute atomic E-state index is 0.0710. The van der Waals surface area contributed by atoms with E-state index in [-0.39, 0.29) is 16.1 Å². The summed E-state index contributed by atoms with van der Waals surface area (Å²) in [5.41, 5.74) is 1.10. The van der Waals surface area contributed by atoms with Crippen LogP contribution in [0.25, 0.3) is 0 Å². The van der Waals surface area contributed by atoms with Crippen molar-refractivity contribution < 1.29 is 0 Å². The van der Waals surface area contributed by atoms with Crippen molar-refractivity contribution in [2.24, 2.45) is 0 Å². The Morgan fingerprint density at radius 3 is 1.62 bits per heavy atom. The molecule has 0 radical (unpaired) electrons. The lowest BCUT2D eigenvalue weighted by atomic mass is 10.6. The Morgan fingerprint density at radius 1 is 1.25 bits per heavy atom. The lowest BCUT2D eigenvalue weighted by molar-refractivity contribution is 1.06. The van der Waals surface area contributed by atoms with E-state index in [0.717, 1.165) is 5.54 Å². The summed E-state index contributed by atoms with van der Waals surface area (Å²) in [7, 11) is 1.37. The van der Waals surface area contributed by atoms with Gasteiger partial charge in [-0.1, -0.05) is 32.5 Å². The van der Waals surface area contributed by atoms with Crippen LogP contribution in [0.15, 0.2) is 0 Å². The molecule has 50 valence electrons. The predicted octanol–water partition coefficient (Wildman–Crippen LogP) is 0.0507. The van der Waals surface area contributed by atoms with Gasteiger partial charge in [0.05, 0.1) is 0 Å². The van der Waals surface area contributed by atoms with E-state index in [1.54, 1.807) is 9.76 Å². The molecule has 1 unspecified atom stereocenters. The highest BCUT2D eigenvalue weighted by atomic mass is 29.6. The van der Waals surface area contributed by atoms with Crippen molar-refractivity contribution in [3.8, 4) is 0 Å². The minimum Gasteiger partial charge on any atom is -0.0745 e. The van der Waals surface area contributed by atoms with Crippen molar-refractivity contribution in [2.45, 2.75) is 32.5 Å². The summed E-state index contributed by atoms with van der Waals surface area (Å²) in [5.74, 6) is 0. The molecule has 1 atom stereocenters. The summed E-state index contributed by atoms with van der Waals surface area (Å²) in [6.07, 6.45) is 0. The van der Waals surface area contributed by atoms with Crippen LogP contribution in [0.1, 0.15) is 13.8 Å². The first-order chi connectivity index (χ1) is 3.55. The Hall–Kier alpha value is 0.651. The normalized spacial score (nSPS) is 15.8. The zero-order valence-corrected chi connectivity index (χ0v) is 11.0. The van der Waals surface area contributed by atoms with E-state index in [1.165, 1.54) is 0 Å². The molecule has 0 aromatic rings. The molecular formula is C5H18Si3. The summed E-state index contributed by atoms with van der Waals surface area (Å²) in [6.45, 7) is 9.86. The SMILES string of the molecule is CC(C)[SiH]([SiH3])[SiH](C)C. The summed E-state index contributed by atoms with van der Waals surface area (Å²) in [4.78, 5) is 0. The largest absolute Gasteiger partial charge is 0.0745 e. The summed E-state index contributed by atoms with van der Waals surface area (Å²) < 4.78 is 0. The number of hydrogen-bond acceptors (Lipinski definition) is 0. The van der Waals surface area contributed by atoms with Gasteiger partial charge in [0.25, 0.3) is 0 Å². The molecule has 0 aromatic carbocycles. The Bertz CT molecular complexity index is 52.7. The first kappa shape index (κ1) is 8.65. The maximum Gasteiger partial charge on any atom is 0.0187 e. The van der Waals surface area contributed by atoms with Crippen molar-refractivity contribution in [3.05, 3.63) is 0 Å². The van der Waals surface area contributed by atoms with Gasteiger partial charge in [0.15, 0.2) is 0 Å². The predicted molar refractivity (Wildman–Crippen MR) is 51.1 cm³/mol. The van der Waals surface area contributed by atoms with E-state index < -0.39 is 0 Å². The Kier molecular flexibility index (Phi) is 3.93. The highest BCUT2D eigenvalue weighted by Crippen LogP contribution is 2.05. The average Bonchev–Trinajstić information content (AvgIpc) is 1.64. The zero-order chi connectivity index (χ0) is 6.73. The molecular weight excluding hydrogens is 144 g/mol. The Morgan fingerprint density at radius 2 is 1.62 bits per heavy atom. The second kappa shape index (κ2) is 3.63. The summed E-state index contributed by atoms with van der Waals surface area (Å²) in [6, 6.07) is 0. The van der Waals surface area contributed by atoms with Crippen molar-refractivity contribution >= 4 is 25.9 Å². The van der Waals surface area contributed by atoms with Crippen LogP contribution < -0.4 is 0 Å². The molecule has 0 aliphatic carbocycles. The molecule has 0 aliphatic heterocycles. The third-order valence-electron chi connectivity index (χ3n) is 2.10. The molecule has 0 heterocycles. The van der Waals surface area contributed by atoms with Crippen LogP contribution >= 0.6 is 0 Å². The van der Waals surface area contributed by atoms with E-state index in [9.17, 15) is 0 Å². The average molecular weight is 162 g/mol. The van der Waals surface area contributed by atoms with Gasteiger partial charge < -0.3 is 0 Å². The molecule has 0 amide bonds. The summed E-state index contributed by atoms with van der Waals surface area (Å²) in [5, 5.41) is 0. The molecule has 0 N–H and O–H groups in total. The van der Waals surface area contributed by atoms with Crippen LogP contribution in [0.2, 0.25) is 18.6 Å². The van der Waals surface area contributed by atoms with E-state index >= 15 is 0 Å². The van der Waals surface area contributed by atoms with Gasteiger partial charge in [0.1, 0.15) is 0 Å². The fourth-order valence-corrected chi connectivity index (χ4v) is 6.93. The van der Waals surface area contributed by atoms with E-state index in [0.29, 0.717) is 0 Å². The summed E-state index contributed by atoms with van der Waals surface area (Å²) >= 11 is 0. The molecule has 0 saturated heterocycles. The molecule has 8 heavy (non-hydrogen) atoms. The van der Waals surface area contributed by atoms with Crippen LogP contribution in [0.4, 0.5) is 0 Å². The topological polar surface area (TPSA) is 0 Å². The maximum atomic E-state index is 2.52. The van der Waals surface area contributed by atoms with Crippen LogP contribution in [-0.4, -0.2) is 25.9 Å². The van der Waals surface area contributed by atoms with Gasteiger partial charge >= 0.3 is 0 Å². The van der Waals surface area contributed by atoms with E-state index in [4.69, 9.17) is 0 Å². The Labute approximate surface area is 58.9 Å². The molecule has 0 spiro atoms. The highest BCUT2D eigenvalue weighted by Gasteiger charge is 2.12. The molecule has 0 fully saturated rings. The van der Waals surface area contributed by atoms with Gasteiger partial charge in [-0.2, -0.15) is 0 Å². The second-order valence-corrected chi connectivity index (χ2v) is 24.0. The van der Waals surface area contributed by atoms with Crippen molar-refractivity contribution in [2.75, 3.05) is 0 Å². The maximum absolute atomic E-state index is 2.52. The van der Waals surface area contributed by atoms with Gasteiger partial charge in [0.2, 0.25) is 0 Å². The standard InChI is InChI=1S/C5H18Si3/c1-5(2)8(6)7(3)4/h5,7-8H,1-4,6H3. The zero-order valence-electron chi connectivity index (χ0n) is 6.73. The third kappa shape index (κ3) is 2.84. The molecule has 0 aliphatic rings. The van der Waals surface area contributed by atoms with Crippen LogP contribution in [0.5, 0.6) is 0 Å². The third-order valence-corrected chi connectivity index (χ3v) is 30.9. The molecule has 3 heteroatoms. The number of hydrogen-bond donors (Lipinski definition) is 0. The smallest absolute Gasteiger partial charge is 0.0187 e. The van der Waals surface area contributed by atoms with Gasteiger partial charge in [-0.05, 0) is 9.76 Å². The number of rotatable bonds is 2. The fourth-order valence-electron chi connectivity index (χ4n) is 0.770. The van der Waals surface area contributed by atoms with Gasteiger partial charge in [-0.25, -0.2) is 0 Å². The van der Waals surface area contributed by atoms with Crippen LogP contribution in [0, 0.1) is 0 Å². The fraction of sp³-hybridized carbons (Fsp3) is 1.00. The molecule has 0 saturated carbocycles. The van der Waals surface area contributed by atoms with Crippen molar-refractivity contribution in [1.82, 2.24) is 0 Å². The van der Waals surface area contributed by atoms with E-state index in [1.807, 2.05) is 0 Å². The van der Waals surface area contributed by atoms with Gasteiger partial charge in [-0.15, -0.1) is 0 Å². The second-order valence-electron chi connectivity index (χ2n) is 3.35. The van der Waals surface area contributed by atoms with Gasteiger partial charge in [-0.3, -0.25) is 0 Å². The lowest BCUT2D eigenvalue weighted by Crippen LogP contribution is -2.33. The van der Waals surface area contributed by atoms with Crippen LogP contribution in [0.3, 0.4) is 0 Å². The lowest BCUT2D eigenvalue weighted by Gasteiger charge is -2.15. The highest BCUT2D eigenvalue weighted by molar-refractivity contribution is 7.41. The molecule has 0 rings (SSSR count). The molecule has 0 aromatic heterocycles. The van der Waals surface area contributed by atoms with Crippen LogP contribution in [-0.2, 0) is 0 Å². The van der Waals surface area contributed by atoms with Crippen molar-refractivity contribution in [1.29, 1.82) is 0 Å². The van der Waals surface area contributed by atoms with Gasteiger partial charge in [0, 0.05) is 16.1 Å². The molecule has 0 nitrogen and oxygen atoms in total. The molecule has 0 bridgehead atoms. The van der Waals surface area contributed by atoms with Crippen molar-refractivity contribution in [3.63, 3.8) is 0 Å². The first-order valence-electron chi connectivity index (χ1n) is 3.55. The quantitative estimate of drug-likeness (QED) is 0.504. The minimum atomic E-state index is -0.122.